The molecule has 0 radical (unpaired) electrons. The first kappa shape index (κ1) is 15.0. The van der Waals surface area contributed by atoms with Crippen molar-refractivity contribution in [3.05, 3.63) is 27.7 Å². The molecule has 1 saturated heterocycles. The molecule has 2 rings (SSSR count). The number of halogens is 2. The summed E-state index contributed by atoms with van der Waals surface area (Å²) >= 11 is 11.9. The van der Waals surface area contributed by atoms with Gasteiger partial charge < -0.3 is 9.84 Å². The topological polar surface area (TPSA) is 66.8 Å². The Morgan fingerprint density at radius 3 is 2.42 bits per heavy atom. The molecule has 1 aliphatic heterocycles. The Balaban J connectivity index is 2.42. The van der Waals surface area contributed by atoms with Crippen LogP contribution >= 0.6 is 23.2 Å². The van der Waals surface area contributed by atoms with Gasteiger partial charge in [-0.2, -0.15) is 4.31 Å². The molecule has 0 atom stereocenters. The van der Waals surface area contributed by atoms with E-state index in [1.54, 1.807) is 0 Å². The summed E-state index contributed by atoms with van der Waals surface area (Å²) < 4.78 is 31.3. The SMILES string of the molecule is O=S(=O)(c1cc(Cl)c(CO)cc1Cl)N1CCOCC1. The largest absolute Gasteiger partial charge is 0.392 e. The summed E-state index contributed by atoms with van der Waals surface area (Å²) in [5, 5.41) is 9.30. The van der Waals surface area contributed by atoms with E-state index >= 15 is 0 Å². The Morgan fingerprint density at radius 2 is 1.84 bits per heavy atom. The van der Waals surface area contributed by atoms with E-state index in [9.17, 15) is 8.42 Å². The molecule has 106 valence electrons. The lowest BCUT2D eigenvalue weighted by molar-refractivity contribution is 0.0730. The third-order valence-electron chi connectivity index (χ3n) is 2.86. The molecule has 1 aromatic carbocycles. The third-order valence-corrected chi connectivity index (χ3v) is 5.57. The number of rotatable bonds is 3. The maximum absolute atomic E-state index is 12.4. The Bertz CT molecular complexity index is 570. The molecule has 0 aliphatic carbocycles. The van der Waals surface area contributed by atoms with Crippen LogP contribution in [0.4, 0.5) is 0 Å². The van der Waals surface area contributed by atoms with Gasteiger partial charge in [0.25, 0.3) is 0 Å². The van der Waals surface area contributed by atoms with Gasteiger partial charge in [0, 0.05) is 18.1 Å². The predicted octanol–water partition coefficient (Wildman–Crippen LogP) is 1.51. The van der Waals surface area contributed by atoms with Crippen molar-refractivity contribution >= 4 is 33.2 Å². The van der Waals surface area contributed by atoms with Crippen molar-refractivity contribution < 1.29 is 18.3 Å². The maximum Gasteiger partial charge on any atom is 0.244 e. The first-order valence-electron chi connectivity index (χ1n) is 5.63. The van der Waals surface area contributed by atoms with Crippen molar-refractivity contribution in [2.75, 3.05) is 26.3 Å². The number of morpholine rings is 1. The minimum Gasteiger partial charge on any atom is -0.392 e. The molecule has 1 aliphatic rings. The average molecular weight is 326 g/mol. The van der Waals surface area contributed by atoms with Crippen molar-refractivity contribution in [2.24, 2.45) is 0 Å². The fraction of sp³-hybridized carbons (Fsp3) is 0.455. The van der Waals surface area contributed by atoms with Gasteiger partial charge in [-0.3, -0.25) is 0 Å². The summed E-state index contributed by atoms with van der Waals surface area (Å²) in [5.74, 6) is 0. The first-order chi connectivity index (χ1) is 8.96. The monoisotopic (exact) mass is 325 g/mol. The van der Waals surface area contributed by atoms with Gasteiger partial charge in [-0.15, -0.1) is 0 Å². The average Bonchev–Trinajstić information content (AvgIpc) is 2.41. The predicted molar refractivity (Wildman–Crippen MR) is 72.0 cm³/mol. The first-order valence-corrected chi connectivity index (χ1v) is 7.83. The van der Waals surface area contributed by atoms with Crippen LogP contribution in [-0.2, 0) is 21.4 Å². The van der Waals surface area contributed by atoms with Crippen molar-refractivity contribution in [1.82, 2.24) is 4.31 Å². The molecule has 19 heavy (non-hydrogen) atoms. The number of aliphatic hydroxyl groups is 1. The van der Waals surface area contributed by atoms with Crippen LogP contribution in [0.3, 0.4) is 0 Å². The van der Waals surface area contributed by atoms with Gasteiger partial charge in [0.15, 0.2) is 0 Å². The number of aliphatic hydroxyl groups excluding tert-OH is 1. The van der Waals surface area contributed by atoms with Crippen molar-refractivity contribution in [3.8, 4) is 0 Å². The van der Waals surface area contributed by atoms with Crippen LogP contribution in [-0.4, -0.2) is 44.1 Å². The summed E-state index contributed by atoms with van der Waals surface area (Å²) in [5.41, 5.74) is 0.396. The zero-order valence-electron chi connectivity index (χ0n) is 9.97. The normalized spacial score (nSPS) is 17.6. The number of ether oxygens (including phenoxy) is 1. The zero-order valence-corrected chi connectivity index (χ0v) is 12.3. The number of benzene rings is 1. The van der Waals surface area contributed by atoms with E-state index in [2.05, 4.69) is 0 Å². The minimum atomic E-state index is -3.68. The third kappa shape index (κ3) is 3.04. The van der Waals surface area contributed by atoms with Gasteiger partial charge in [0.1, 0.15) is 4.90 Å². The van der Waals surface area contributed by atoms with E-state index < -0.39 is 10.0 Å². The molecule has 1 heterocycles. The van der Waals surface area contributed by atoms with Crippen molar-refractivity contribution in [3.63, 3.8) is 0 Å². The van der Waals surface area contributed by atoms with Crippen LogP contribution in [0.15, 0.2) is 17.0 Å². The molecule has 0 saturated carbocycles. The van der Waals surface area contributed by atoms with Crippen LogP contribution < -0.4 is 0 Å². The second-order valence-electron chi connectivity index (χ2n) is 4.05. The van der Waals surface area contributed by atoms with Crippen molar-refractivity contribution in [2.45, 2.75) is 11.5 Å². The fourth-order valence-electron chi connectivity index (χ4n) is 1.81. The lowest BCUT2D eigenvalue weighted by Crippen LogP contribution is -2.40. The standard InChI is InChI=1S/C11H13Cl2NO4S/c12-9-6-11(10(13)5-8(9)7-15)19(16,17)14-1-3-18-4-2-14/h5-6,15H,1-4,7H2. The van der Waals surface area contributed by atoms with Crippen LogP contribution in [0.2, 0.25) is 10.0 Å². The van der Waals surface area contributed by atoms with Gasteiger partial charge in [-0.05, 0) is 17.7 Å². The summed E-state index contributed by atoms with van der Waals surface area (Å²) in [6, 6.07) is 2.65. The van der Waals surface area contributed by atoms with Gasteiger partial charge in [-0.1, -0.05) is 23.2 Å². The van der Waals surface area contributed by atoms with Crippen LogP contribution in [0.1, 0.15) is 5.56 Å². The highest BCUT2D eigenvalue weighted by Gasteiger charge is 2.29. The molecule has 0 aromatic heterocycles. The van der Waals surface area contributed by atoms with E-state index in [1.807, 2.05) is 0 Å². The lowest BCUT2D eigenvalue weighted by Gasteiger charge is -2.26. The van der Waals surface area contributed by atoms with Gasteiger partial charge in [0.05, 0.1) is 24.8 Å². The molecule has 1 aromatic rings. The maximum atomic E-state index is 12.4. The molecule has 8 heteroatoms. The molecule has 0 unspecified atom stereocenters. The number of hydrogen-bond donors (Lipinski definition) is 1. The molecule has 5 nitrogen and oxygen atoms in total. The second-order valence-corrected chi connectivity index (χ2v) is 6.77. The number of nitrogens with zero attached hydrogens (tertiary/aromatic N) is 1. The Hall–Kier alpha value is -0.370. The van der Waals surface area contributed by atoms with E-state index in [4.69, 9.17) is 33.0 Å². The Kier molecular flexibility index (Phi) is 4.70. The molecule has 0 amide bonds. The quantitative estimate of drug-likeness (QED) is 0.914. The van der Waals surface area contributed by atoms with E-state index in [0.29, 0.717) is 18.8 Å². The minimum absolute atomic E-state index is 0.0433. The molecule has 1 fully saturated rings. The molecule has 0 bridgehead atoms. The lowest BCUT2D eigenvalue weighted by atomic mass is 10.2. The van der Waals surface area contributed by atoms with Crippen molar-refractivity contribution in [1.29, 1.82) is 0 Å². The van der Waals surface area contributed by atoms with E-state index in [0.717, 1.165) is 0 Å². The van der Waals surface area contributed by atoms with Gasteiger partial charge in [0.2, 0.25) is 10.0 Å². The van der Waals surface area contributed by atoms with Crippen LogP contribution in [0.5, 0.6) is 0 Å². The van der Waals surface area contributed by atoms with Gasteiger partial charge in [-0.25, -0.2) is 8.42 Å². The molecule has 1 N–H and O–H groups in total. The Labute approximate surface area is 121 Å². The fourth-order valence-corrected chi connectivity index (χ4v) is 4.06. The van der Waals surface area contributed by atoms with E-state index in [-0.39, 0.29) is 34.6 Å². The summed E-state index contributed by atoms with van der Waals surface area (Å²) in [4.78, 5) is -0.0433. The highest BCUT2D eigenvalue weighted by molar-refractivity contribution is 7.89. The zero-order chi connectivity index (χ0) is 14.0. The summed E-state index contributed by atoms with van der Waals surface area (Å²) in [6.45, 7) is 1.01. The molecular formula is C11H13Cl2NO4S. The molecular weight excluding hydrogens is 313 g/mol. The summed E-state index contributed by atoms with van der Waals surface area (Å²) in [7, 11) is -3.68. The van der Waals surface area contributed by atoms with Crippen LogP contribution in [0, 0.1) is 0 Å². The van der Waals surface area contributed by atoms with Gasteiger partial charge >= 0.3 is 0 Å². The highest BCUT2D eigenvalue weighted by atomic mass is 35.5. The van der Waals surface area contributed by atoms with E-state index in [1.165, 1.54) is 16.4 Å². The summed E-state index contributed by atoms with van der Waals surface area (Å²) in [6.07, 6.45) is 0. The Morgan fingerprint density at radius 1 is 1.21 bits per heavy atom. The highest BCUT2D eigenvalue weighted by Crippen LogP contribution is 2.31. The number of sulfonamides is 1. The van der Waals surface area contributed by atoms with Crippen LogP contribution in [0.25, 0.3) is 0 Å². The smallest absolute Gasteiger partial charge is 0.244 e. The second kappa shape index (κ2) is 5.95. The number of hydrogen-bond acceptors (Lipinski definition) is 4. The molecule has 0 spiro atoms.